The van der Waals surface area contributed by atoms with E-state index in [1.165, 1.54) is 6.42 Å². The van der Waals surface area contributed by atoms with Gasteiger partial charge < -0.3 is 5.32 Å². The Balaban J connectivity index is 2.04. The van der Waals surface area contributed by atoms with Crippen molar-refractivity contribution in [1.29, 1.82) is 0 Å². The molecule has 0 radical (unpaired) electrons. The largest absolute Gasteiger partial charge is 0.349 e. The minimum absolute atomic E-state index is 0.0736. The average Bonchev–Trinajstić information content (AvgIpc) is 2.56. The third-order valence-corrected chi connectivity index (χ3v) is 3.79. The number of hydrogen-bond donors (Lipinski definition) is 1. The predicted octanol–water partition coefficient (Wildman–Crippen LogP) is 3.61. The molecule has 1 N–H and O–H groups in total. The van der Waals surface area contributed by atoms with E-state index in [0.29, 0.717) is 11.5 Å². The van der Waals surface area contributed by atoms with Crippen molar-refractivity contribution in [3.63, 3.8) is 0 Å². The van der Waals surface area contributed by atoms with Gasteiger partial charge in [0.15, 0.2) is 0 Å². The van der Waals surface area contributed by atoms with Crippen LogP contribution in [0.3, 0.4) is 0 Å². The number of rotatable bonds is 2. The smallest absolute Gasteiger partial charge is 0.251 e. The van der Waals surface area contributed by atoms with Crippen molar-refractivity contribution in [1.82, 2.24) is 5.32 Å². The Hall–Kier alpha value is -1.31. The first-order chi connectivity index (χ1) is 8.35. The monoisotopic (exact) mass is 245 g/mol. The quantitative estimate of drug-likeness (QED) is 0.847. The Morgan fingerprint density at radius 1 is 1.22 bits per heavy atom. The molecule has 0 heterocycles. The van der Waals surface area contributed by atoms with Crippen molar-refractivity contribution in [2.24, 2.45) is 5.41 Å². The third kappa shape index (κ3) is 3.12. The van der Waals surface area contributed by atoms with Crippen molar-refractivity contribution >= 4 is 5.91 Å². The zero-order chi connectivity index (χ0) is 13.3. The lowest BCUT2D eigenvalue weighted by atomic mass is 9.92. The lowest BCUT2D eigenvalue weighted by molar-refractivity contribution is 0.0936. The first kappa shape index (κ1) is 13.1. The normalized spacial score (nSPS) is 21.9. The van der Waals surface area contributed by atoms with Crippen molar-refractivity contribution in [3.05, 3.63) is 34.9 Å². The summed E-state index contributed by atoms with van der Waals surface area (Å²) in [5.41, 5.74) is 3.46. The fraction of sp³-hybridized carbons (Fsp3) is 0.562. The van der Waals surface area contributed by atoms with E-state index < -0.39 is 0 Å². The fourth-order valence-electron chi connectivity index (χ4n) is 2.93. The highest BCUT2D eigenvalue weighted by atomic mass is 16.1. The van der Waals surface area contributed by atoms with Gasteiger partial charge in [0, 0.05) is 11.6 Å². The van der Waals surface area contributed by atoms with Crippen molar-refractivity contribution in [2.45, 2.75) is 53.0 Å². The van der Waals surface area contributed by atoms with E-state index in [1.807, 2.05) is 26.0 Å². The summed E-state index contributed by atoms with van der Waals surface area (Å²) in [5, 5.41) is 3.17. The van der Waals surface area contributed by atoms with Gasteiger partial charge in [-0.3, -0.25) is 4.79 Å². The van der Waals surface area contributed by atoms with Crippen LogP contribution >= 0.6 is 0 Å². The maximum atomic E-state index is 12.2. The highest BCUT2D eigenvalue weighted by Crippen LogP contribution is 2.36. The minimum Gasteiger partial charge on any atom is -0.349 e. The zero-order valence-corrected chi connectivity index (χ0v) is 11.8. The number of amides is 1. The predicted molar refractivity (Wildman–Crippen MR) is 74.8 cm³/mol. The van der Waals surface area contributed by atoms with Gasteiger partial charge in [0.05, 0.1) is 0 Å². The van der Waals surface area contributed by atoms with Crippen molar-refractivity contribution < 1.29 is 4.79 Å². The van der Waals surface area contributed by atoms with Crippen LogP contribution in [-0.2, 0) is 0 Å². The molecule has 1 aliphatic carbocycles. The van der Waals surface area contributed by atoms with Gasteiger partial charge in [0.2, 0.25) is 0 Å². The van der Waals surface area contributed by atoms with E-state index in [-0.39, 0.29) is 5.91 Å². The van der Waals surface area contributed by atoms with Gasteiger partial charge in [-0.1, -0.05) is 31.0 Å². The third-order valence-electron chi connectivity index (χ3n) is 3.79. The maximum Gasteiger partial charge on any atom is 0.251 e. The molecule has 0 aromatic heterocycles. The molecule has 1 fully saturated rings. The number of hydrogen-bond acceptors (Lipinski definition) is 1. The van der Waals surface area contributed by atoms with Crippen LogP contribution in [-0.4, -0.2) is 11.9 Å². The Labute approximate surface area is 110 Å². The van der Waals surface area contributed by atoms with E-state index in [2.05, 4.69) is 25.2 Å². The van der Waals surface area contributed by atoms with Crippen LogP contribution in [0.4, 0.5) is 0 Å². The first-order valence-electron chi connectivity index (χ1n) is 6.75. The van der Waals surface area contributed by atoms with Crippen LogP contribution < -0.4 is 5.32 Å². The molecular weight excluding hydrogens is 222 g/mol. The highest BCUT2D eigenvalue weighted by molar-refractivity contribution is 5.94. The van der Waals surface area contributed by atoms with E-state index in [9.17, 15) is 4.79 Å². The summed E-state index contributed by atoms with van der Waals surface area (Å²) in [6.45, 7) is 8.61. The number of benzene rings is 1. The van der Waals surface area contributed by atoms with Gasteiger partial charge in [-0.25, -0.2) is 0 Å². The number of nitrogens with one attached hydrogen (secondary N) is 1. The van der Waals surface area contributed by atoms with Gasteiger partial charge >= 0.3 is 0 Å². The highest BCUT2D eigenvalue weighted by Gasteiger charge is 2.31. The molecule has 0 aliphatic heterocycles. The molecule has 1 aromatic rings. The Morgan fingerprint density at radius 2 is 1.83 bits per heavy atom. The molecule has 1 saturated carbocycles. The van der Waals surface area contributed by atoms with Crippen molar-refractivity contribution in [2.75, 3.05) is 0 Å². The first-order valence-corrected chi connectivity index (χ1v) is 6.75. The SMILES string of the molecule is Cc1cc(C)cc(C(=O)NC2CCC(C)(C)C2)c1. The number of carbonyl (C=O) groups is 1. The molecule has 1 amide bonds. The second-order valence-electron chi connectivity index (χ2n) is 6.45. The van der Waals surface area contributed by atoms with Crippen LogP contribution in [0.15, 0.2) is 18.2 Å². The molecule has 2 heteroatoms. The lowest BCUT2D eigenvalue weighted by Gasteiger charge is -2.18. The molecule has 0 spiro atoms. The number of aryl methyl sites for hydroxylation is 2. The van der Waals surface area contributed by atoms with Crippen LogP contribution in [0.25, 0.3) is 0 Å². The van der Waals surface area contributed by atoms with Crippen LogP contribution in [0.5, 0.6) is 0 Å². The molecular formula is C16H23NO. The summed E-state index contributed by atoms with van der Waals surface area (Å²) in [7, 11) is 0. The summed E-state index contributed by atoms with van der Waals surface area (Å²) in [6, 6.07) is 6.36. The topological polar surface area (TPSA) is 29.1 Å². The lowest BCUT2D eigenvalue weighted by Crippen LogP contribution is -2.33. The number of carbonyl (C=O) groups excluding carboxylic acids is 1. The van der Waals surface area contributed by atoms with Crippen LogP contribution in [0.1, 0.15) is 54.6 Å². The summed E-state index contributed by atoms with van der Waals surface area (Å²) >= 11 is 0. The molecule has 2 nitrogen and oxygen atoms in total. The summed E-state index contributed by atoms with van der Waals surface area (Å²) in [5.74, 6) is 0.0736. The van der Waals surface area contributed by atoms with E-state index in [0.717, 1.165) is 29.5 Å². The summed E-state index contributed by atoms with van der Waals surface area (Å²) < 4.78 is 0. The minimum atomic E-state index is 0.0736. The average molecular weight is 245 g/mol. The van der Waals surface area contributed by atoms with E-state index in [1.54, 1.807) is 0 Å². The Morgan fingerprint density at radius 3 is 2.33 bits per heavy atom. The molecule has 0 bridgehead atoms. The van der Waals surface area contributed by atoms with Gasteiger partial charge in [0.25, 0.3) is 5.91 Å². The Bertz CT molecular complexity index is 442. The van der Waals surface area contributed by atoms with Gasteiger partial charge in [0.1, 0.15) is 0 Å². The molecule has 18 heavy (non-hydrogen) atoms. The molecule has 1 aliphatic rings. The molecule has 1 atom stereocenters. The fourth-order valence-corrected chi connectivity index (χ4v) is 2.93. The van der Waals surface area contributed by atoms with E-state index in [4.69, 9.17) is 0 Å². The molecule has 1 unspecified atom stereocenters. The summed E-state index contributed by atoms with van der Waals surface area (Å²) in [6.07, 6.45) is 3.39. The summed E-state index contributed by atoms with van der Waals surface area (Å²) in [4.78, 5) is 12.2. The standard InChI is InChI=1S/C16H23NO/c1-11-7-12(2)9-13(8-11)15(18)17-14-5-6-16(3,4)10-14/h7-9,14H,5-6,10H2,1-4H3,(H,17,18). The molecule has 2 rings (SSSR count). The molecule has 0 saturated heterocycles. The maximum absolute atomic E-state index is 12.2. The Kier molecular flexibility index (Phi) is 3.47. The van der Waals surface area contributed by atoms with Gasteiger partial charge in [-0.05, 0) is 50.7 Å². The van der Waals surface area contributed by atoms with Crippen LogP contribution in [0.2, 0.25) is 0 Å². The second-order valence-corrected chi connectivity index (χ2v) is 6.45. The van der Waals surface area contributed by atoms with E-state index >= 15 is 0 Å². The molecule has 1 aromatic carbocycles. The van der Waals surface area contributed by atoms with Gasteiger partial charge in [-0.15, -0.1) is 0 Å². The van der Waals surface area contributed by atoms with Crippen molar-refractivity contribution in [3.8, 4) is 0 Å². The van der Waals surface area contributed by atoms with Gasteiger partial charge in [-0.2, -0.15) is 0 Å². The second kappa shape index (κ2) is 4.75. The zero-order valence-electron chi connectivity index (χ0n) is 11.8. The molecule has 98 valence electrons. The van der Waals surface area contributed by atoms with Crippen LogP contribution in [0, 0.1) is 19.3 Å².